The molecule has 1 heterocycles. The van der Waals surface area contributed by atoms with E-state index in [1.807, 2.05) is 0 Å². The summed E-state index contributed by atoms with van der Waals surface area (Å²) in [6, 6.07) is 11.2. The van der Waals surface area contributed by atoms with Crippen molar-refractivity contribution in [1.82, 2.24) is 0 Å². The molecule has 70 valence electrons. The maximum Gasteiger partial charge on any atom is 0.336 e. The highest BCUT2D eigenvalue weighted by molar-refractivity contribution is 5.58. The SMILES string of the molecule is O=c1cccc(-c2cccc(O)c2)o1. The van der Waals surface area contributed by atoms with E-state index >= 15 is 0 Å². The van der Waals surface area contributed by atoms with Gasteiger partial charge in [-0.1, -0.05) is 18.2 Å². The Morgan fingerprint density at radius 3 is 2.57 bits per heavy atom. The monoisotopic (exact) mass is 188 g/mol. The van der Waals surface area contributed by atoms with E-state index in [1.54, 1.807) is 30.3 Å². The molecule has 0 unspecified atom stereocenters. The molecule has 2 aromatic rings. The number of benzene rings is 1. The second kappa shape index (κ2) is 3.38. The molecule has 0 spiro atoms. The van der Waals surface area contributed by atoms with Crippen molar-refractivity contribution >= 4 is 0 Å². The van der Waals surface area contributed by atoms with Gasteiger partial charge >= 0.3 is 5.63 Å². The van der Waals surface area contributed by atoms with Crippen molar-refractivity contribution < 1.29 is 9.52 Å². The second-order valence-electron chi connectivity index (χ2n) is 2.86. The molecule has 0 saturated heterocycles. The molecule has 1 aromatic carbocycles. The summed E-state index contributed by atoms with van der Waals surface area (Å²) in [5.74, 6) is 0.599. The summed E-state index contributed by atoms with van der Waals surface area (Å²) in [4.78, 5) is 10.9. The zero-order valence-electron chi connectivity index (χ0n) is 7.31. The molecule has 0 atom stereocenters. The second-order valence-corrected chi connectivity index (χ2v) is 2.86. The molecule has 0 aliphatic heterocycles. The number of phenolic OH excluding ortho intramolecular Hbond substituents is 1. The Bertz CT molecular complexity index is 500. The van der Waals surface area contributed by atoms with Crippen LogP contribution >= 0.6 is 0 Å². The molecule has 0 fully saturated rings. The van der Waals surface area contributed by atoms with Crippen LogP contribution in [0.15, 0.2) is 51.7 Å². The van der Waals surface area contributed by atoms with Gasteiger partial charge in [-0.05, 0) is 18.2 Å². The smallest absolute Gasteiger partial charge is 0.336 e. The minimum atomic E-state index is -0.397. The Kier molecular flexibility index (Phi) is 2.07. The van der Waals surface area contributed by atoms with Crippen molar-refractivity contribution in [3.63, 3.8) is 0 Å². The molecule has 1 N–H and O–H groups in total. The number of aromatic hydroxyl groups is 1. The maximum absolute atomic E-state index is 10.9. The van der Waals surface area contributed by atoms with Crippen molar-refractivity contribution in [3.8, 4) is 17.1 Å². The van der Waals surface area contributed by atoms with Crippen molar-refractivity contribution in [2.75, 3.05) is 0 Å². The molecule has 0 amide bonds. The Morgan fingerprint density at radius 1 is 1.07 bits per heavy atom. The molecular weight excluding hydrogens is 180 g/mol. The van der Waals surface area contributed by atoms with E-state index in [4.69, 9.17) is 4.42 Å². The van der Waals surface area contributed by atoms with Crippen molar-refractivity contribution in [2.24, 2.45) is 0 Å². The van der Waals surface area contributed by atoms with Gasteiger partial charge in [-0.2, -0.15) is 0 Å². The lowest BCUT2D eigenvalue weighted by Crippen LogP contribution is -1.94. The van der Waals surface area contributed by atoms with Gasteiger partial charge in [0.1, 0.15) is 11.5 Å². The van der Waals surface area contributed by atoms with Crippen LogP contribution in [0.1, 0.15) is 0 Å². The molecule has 0 aliphatic carbocycles. The summed E-state index contributed by atoms with van der Waals surface area (Å²) in [6.45, 7) is 0. The van der Waals surface area contributed by atoms with Gasteiger partial charge in [0.2, 0.25) is 0 Å². The fourth-order valence-electron chi connectivity index (χ4n) is 1.20. The first kappa shape index (κ1) is 8.56. The lowest BCUT2D eigenvalue weighted by Gasteiger charge is -1.99. The molecule has 2 rings (SSSR count). The van der Waals surface area contributed by atoms with Crippen LogP contribution < -0.4 is 5.63 Å². The third-order valence-corrected chi connectivity index (χ3v) is 1.82. The summed E-state index contributed by atoms with van der Waals surface area (Å²) >= 11 is 0. The first-order valence-corrected chi connectivity index (χ1v) is 4.15. The van der Waals surface area contributed by atoms with E-state index in [-0.39, 0.29) is 5.75 Å². The molecule has 0 saturated carbocycles. The van der Waals surface area contributed by atoms with Crippen molar-refractivity contribution in [2.45, 2.75) is 0 Å². The minimum Gasteiger partial charge on any atom is -0.508 e. The molecule has 0 bridgehead atoms. The molecule has 0 radical (unpaired) electrons. The Hall–Kier alpha value is -2.03. The van der Waals surface area contributed by atoms with Gasteiger partial charge in [0.25, 0.3) is 0 Å². The van der Waals surface area contributed by atoms with Gasteiger partial charge in [-0.3, -0.25) is 0 Å². The number of rotatable bonds is 1. The number of hydrogen-bond acceptors (Lipinski definition) is 3. The van der Waals surface area contributed by atoms with E-state index in [1.165, 1.54) is 12.1 Å². The molecule has 14 heavy (non-hydrogen) atoms. The average Bonchev–Trinajstić information content (AvgIpc) is 2.18. The minimum absolute atomic E-state index is 0.147. The lowest BCUT2D eigenvalue weighted by molar-refractivity contribution is 0.474. The van der Waals surface area contributed by atoms with Crippen LogP contribution in [0.5, 0.6) is 5.75 Å². The summed E-state index contributed by atoms with van der Waals surface area (Å²) < 4.78 is 4.95. The lowest BCUT2D eigenvalue weighted by atomic mass is 10.1. The van der Waals surface area contributed by atoms with E-state index in [0.717, 1.165) is 0 Å². The van der Waals surface area contributed by atoms with Crippen LogP contribution in [0.25, 0.3) is 11.3 Å². The first-order chi connectivity index (χ1) is 6.75. The van der Waals surface area contributed by atoms with Gasteiger partial charge in [-0.15, -0.1) is 0 Å². The van der Waals surface area contributed by atoms with E-state index in [2.05, 4.69) is 0 Å². The van der Waals surface area contributed by atoms with Crippen LogP contribution in [0.2, 0.25) is 0 Å². The average molecular weight is 188 g/mol. The largest absolute Gasteiger partial charge is 0.508 e. The van der Waals surface area contributed by atoms with Crippen LogP contribution in [0, 0.1) is 0 Å². The van der Waals surface area contributed by atoms with Gasteiger partial charge in [0.15, 0.2) is 0 Å². The van der Waals surface area contributed by atoms with Crippen molar-refractivity contribution in [3.05, 3.63) is 52.9 Å². The highest BCUT2D eigenvalue weighted by Crippen LogP contribution is 2.21. The highest BCUT2D eigenvalue weighted by Gasteiger charge is 2.00. The van der Waals surface area contributed by atoms with E-state index in [9.17, 15) is 9.90 Å². The zero-order valence-corrected chi connectivity index (χ0v) is 7.31. The van der Waals surface area contributed by atoms with Crippen LogP contribution in [0.4, 0.5) is 0 Å². The van der Waals surface area contributed by atoms with Gasteiger partial charge in [-0.25, -0.2) is 4.79 Å². The zero-order chi connectivity index (χ0) is 9.97. The first-order valence-electron chi connectivity index (χ1n) is 4.15. The number of phenols is 1. The van der Waals surface area contributed by atoms with Crippen LogP contribution in [-0.4, -0.2) is 5.11 Å². The predicted octanol–water partition coefficient (Wildman–Crippen LogP) is 2.01. The molecule has 1 aromatic heterocycles. The van der Waals surface area contributed by atoms with E-state index < -0.39 is 5.63 Å². The van der Waals surface area contributed by atoms with Gasteiger partial charge < -0.3 is 9.52 Å². The Labute approximate surface area is 80.2 Å². The quantitative estimate of drug-likeness (QED) is 0.744. The third-order valence-electron chi connectivity index (χ3n) is 1.82. The standard InChI is InChI=1S/C11H8O3/c12-9-4-1-3-8(7-9)10-5-2-6-11(13)14-10/h1-7,12H. The summed E-state index contributed by atoms with van der Waals surface area (Å²) in [7, 11) is 0. The Balaban J connectivity index is 2.55. The molecular formula is C11H8O3. The molecule has 0 aliphatic rings. The Morgan fingerprint density at radius 2 is 1.86 bits per heavy atom. The predicted molar refractivity (Wildman–Crippen MR) is 52.1 cm³/mol. The maximum atomic E-state index is 10.9. The summed E-state index contributed by atoms with van der Waals surface area (Å²) in [6.07, 6.45) is 0. The molecule has 3 heteroatoms. The normalized spacial score (nSPS) is 10.0. The highest BCUT2D eigenvalue weighted by atomic mass is 16.4. The third kappa shape index (κ3) is 1.66. The van der Waals surface area contributed by atoms with Crippen molar-refractivity contribution in [1.29, 1.82) is 0 Å². The molecule has 3 nitrogen and oxygen atoms in total. The summed E-state index contributed by atoms with van der Waals surface area (Å²) in [5, 5.41) is 9.22. The summed E-state index contributed by atoms with van der Waals surface area (Å²) in [5.41, 5.74) is 0.286. The fourth-order valence-corrected chi connectivity index (χ4v) is 1.20. The van der Waals surface area contributed by atoms with Gasteiger partial charge in [0.05, 0.1) is 0 Å². The van der Waals surface area contributed by atoms with Crippen LogP contribution in [-0.2, 0) is 0 Å². The topological polar surface area (TPSA) is 50.4 Å². The van der Waals surface area contributed by atoms with E-state index in [0.29, 0.717) is 11.3 Å². The van der Waals surface area contributed by atoms with Crippen LogP contribution in [0.3, 0.4) is 0 Å². The fraction of sp³-hybridized carbons (Fsp3) is 0. The number of hydrogen-bond donors (Lipinski definition) is 1. The van der Waals surface area contributed by atoms with Gasteiger partial charge in [0, 0.05) is 11.6 Å².